The number of alkyl halides is 3. The topological polar surface area (TPSA) is 75.9 Å². The summed E-state index contributed by atoms with van der Waals surface area (Å²) in [5.41, 5.74) is -0.794. The number of hydrogen-bond donors (Lipinski definition) is 1. The Kier molecular flexibility index (Phi) is 5.62. The number of urea groups is 1. The van der Waals surface area contributed by atoms with Gasteiger partial charge in [0.15, 0.2) is 0 Å². The highest BCUT2D eigenvalue weighted by Gasteiger charge is 2.33. The predicted molar refractivity (Wildman–Crippen MR) is 90.5 cm³/mol. The smallest absolute Gasteiger partial charge is 0.337 e. The molecule has 1 unspecified atom stereocenters. The van der Waals surface area contributed by atoms with E-state index in [2.05, 4.69) is 20.3 Å². The van der Waals surface area contributed by atoms with Gasteiger partial charge in [0.2, 0.25) is 0 Å². The van der Waals surface area contributed by atoms with Crippen LogP contribution in [0.3, 0.4) is 0 Å². The molecule has 0 aliphatic carbocycles. The third kappa shape index (κ3) is 5.18. The van der Waals surface area contributed by atoms with Crippen LogP contribution in [0.15, 0.2) is 24.8 Å². The first-order valence-electron chi connectivity index (χ1n) is 8.71. The molecule has 3 heterocycles. The number of hydrogen-bond acceptors (Lipinski definition) is 4. The van der Waals surface area contributed by atoms with Crippen LogP contribution in [0.5, 0.6) is 0 Å². The summed E-state index contributed by atoms with van der Waals surface area (Å²) in [4.78, 5) is 25.6. The van der Waals surface area contributed by atoms with Crippen LogP contribution < -0.4 is 5.32 Å². The fourth-order valence-electron chi connectivity index (χ4n) is 3.21. The van der Waals surface area contributed by atoms with Crippen molar-refractivity contribution in [3.05, 3.63) is 42.0 Å². The molecule has 3 rings (SSSR count). The van der Waals surface area contributed by atoms with E-state index in [1.54, 1.807) is 17.4 Å². The Morgan fingerprint density at radius 3 is 2.89 bits per heavy atom. The second-order valence-electron chi connectivity index (χ2n) is 6.68. The highest BCUT2D eigenvalue weighted by molar-refractivity contribution is 5.74. The monoisotopic (exact) mass is 382 g/mol. The first kappa shape index (κ1) is 19.1. The molecule has 1 aliphatic heterocycles. The molecule has 7 nitrogen and oxygen atoms in total. The number of aromatic nitrogens is 4. The molecule has 0 aromatic carbocycles. The predicted octanol–water partition coefficient (Wildman–Crippen LogP) is 2.62. The molecule has 0 radical (unpaired) electrons. The zero-order valence-corrected chi connectivity index (χ0v) is 14.9. The number of carbonyl (C=O) groups excluding carboxylic acids is 1. The van der Waals surface area contributed by atoms with E-state index in [-0.39, 0.29) is 24.1 Å². The molecule has 2 aromatic heterocycles. The number of rotatable bonds is 4. The zero-order valence-electron chi connectivity index (χ0n) is 14.9. The summed E-state index contributed by atoms with van der Waals surface area (Å²) in [6, 6.07) is 0.570. The van der Waals surface area contributed by atoms with E-state index >= 15 is 0 Å². The van der Waals surface area contributed by atoms with Crippen molar-refractivity contribution in [2.24, 2.45) is 5.92 Å². The third-order valence-corrected chi connectivity index (χ3v) is 4.42. The Bertz CT molecular complexity index is 777. The molecule has 1 N–H and O–H groups in total. The lowest BCUT2D eigenvalue weighted by Gasteiger charge is -2.32. The minimum Gasteiger partial charge on any atom is -0.337 e. The number of nitrogens with zero attached hydrogens (tertiary/aromatic N) is 5. The maximum Gasteiger partial charge on any atom is 0.433 e. The molecular formula is C17H21F3N6O. The minimum absolute atomic E-state index is 0.0531. The van der Waals surface area contributed by atoms with Gasteiger partial charge in [-0.05, 0) is 31.7 Å². The Morgan fingerprint density at radius 2 is 2.19 bits per heavy atom. The number of imidazole rings is 1. The normalized spacial score (nSPS) is 17.8. The summed E-state index contributed by atoms with van der Waals surface area (Å²) < 4.78 is 40.5. The van der Waals surface area contributed by atoms with E-state index in [9.17, 15) is 18.0 Å². The van der Waals surface area contributed by atoms with Gasteiger partial charge in [-0.1, -0.05) is 0 Å². The van der Waals surface area contributed by atoms with Crippen molar-refractivity contribution in [3.63, 3.8) is 0 Å². The fraction of sp³-hybridized carbons (Fsp3) is 0.529. The third-order valence-electron chi connectivity index (χ3n) is 4.42. The van der Waals surface area contributed by atoms with Crippen molar-refractivity contribution in [2.45, 2.75) is 39.0 Å². The highest BCUT2D eigenvalue weighted by Crippen LogP contribution is 2.27. The van der Waals surface area contributed by atoms with Crippen molar-refractivity contribution in [3.8, 4) is 0 Å². The van der Waals surface area contributed by atoms with E-state index in [1.807, 2.05) is 10.8 Å². The van der Waals surface area contributed by atoms with Crippen LogP contribution in [0.1, 0.15) is 30.1 Å². The zero-order chi connectivity index (χ0) is 19.4. The van der Waals surface area contributed by atoms with Gasteiger partial charge in [-0.15, -0.1) is 0 Å². The molecule has 1 fully saturated rings. The second kappa shape index (κ2) is 7.93. The summed E-state index contributed by atoms with van der Waals surface area (Å²) >= 11 is 0. The van der Waals surface area contributed by atoms with Crippen LogP contribution in [-0.4, -0.2) is 43.5 Å². The summed E-state index contributed by atoms with van der Waals surface area (Å²) in [5.74, 6) is 0.258. The van der Waals surface area contributed by atoms with Crippen LogP contribution in [-0.2, 0) is 19.3 Å². The Morgan fingerprint density at radius 1 is 1.37 bits per heavy atom. The summed E-state index contributed by atoms with van der Waals surface area (Å²) in [5, 5.41) is 2.63. The van der Waals surface area contributed by atoms with Crippen molar-refractivity contribution < 1.29 is 18.0 Å². The number of amides is 2. The van der Waals surface area contributed by atoms with Crippen LogP contribution in [0.25, 0.3) is 0 Å². The number of carbonyl (C=O) groups is 1. The summed E-state index contributed by atoms with van der Waals surface area (Å²) in [6.45, 7) is 3.31. The lowest BCUT2D eigenvalue weighted by Crippen LogP contribution is -2.46. The van der Waals surface area contributed by atoms with Crippen LogP contribution in [0.2, 0.25) is 0 Å². The second-order valence-corrected chi connectivity index (χ2v) is 6.68. The van der Waals surface area contributed by atoms with Crippen LogP contribution in [0.4, 0.5) is 18.0 Å². The van der Waals surface area contributed by atoms with E-state index < -0.39 is 11.9 Å². The molecule has 0 spiro atoms. The number of likely N-dealkylation sites (tertiary alicyclic amines) is 1. The number of aryl methyl sites for hydroxylation is 1. The van der Waals surface area contributed by atoms with E-state index in [1.165, 1.54) is 6.92 Å². The minimum atomic E-state index is -4.54. The van der Waals surface area contributed by atoms with E-state index in [0.717, 1.165) is 25.5 Å². The van der Waals surface area contributed by atoms with E-state index in [0.29, 0.717) is 19.0 Å². The van der Waals surface area contributed by atoms with E-state index in [4.69, 9.17) is 0 Å². The van der Waals surface area contributed by atoms with Gasteiger partial charge < -0.3 is 14.8 Å². The summed E-state index contributed by atoms with van der Waals surface area (Å²) in [6.07, 6.45) is 2.69. The van der Waals surface area contributed by atoms with Gasteiger partial charge in [-0.25, -0.2) is 19.7 Å². The van der Waals surface area contributed by atoms with Gasteiger partial charge in [0.25, 0.3) is 0 Å². The molecule has 0 saturated carbocycles. The molecule has 10 heteroatoms. The molecule has 2 amide bonds. The van der Waals surface area contributed by atoms with Gasteiger partial charge in [0.05, 0.1) is 12.9 Å². The van der Waals surface area contributed by atoms with Crippen molar-refractivity contribution >= 4 is 6.03 Å². The lowest BCUT2D eigenvalue weighted by atomic mass is 9.98. The fourth-order valence-corrected chi connectivity index (χ4v) is 3.21. The SMILES string of the molecule is Cc1cc(C(F)(F)F)nc(CNC(=O)N2CCCC(Cn3ccnc3)C2)n1. The largest absolute Gasteiger partial charge is 0.433 e. The highest BCUT2D eigenvalue weighted by atomic mass is 19.4. The van der Waals surface area contributed by atoms with Crippen LogP contribution in [0, 0.1) is 12.8 Å². The number of halogens is 3. The van der Waals surface area contributed by atoms with Gasteiger partial charge in [-0.3, -0.25) is 0 Å². The maximum absolute atomic E-state index is 12.8. The Labute approximate surface area is 154 Å². The molecule has 1 atom stereocenters. The Balaban J connectivity index is 1.56. The van der Waals surface area contributed by atoms with Crippen molar-refractivity contribution in [2.75, 3.05) is 13.1 Å². The lowest BCUT2D eigenvalue weighted by molar-refractivity contribution is -0.141. The van der Waals surface area contributed by atoms with Gasteiger partial charge >= 0.3 is 12.2 Å². The van der Waals surface area contributed by atoms with Gasteiger partial charge in [0.1, 0.15) is 11.5 Å². The standard InChI is InChI=1S/C17H21F3N6O/c1-12-7-14(17(18,19)20)24-15(23-12)8-22-16(27)26-5-2-3-13(10-26)9-25-6-4-21-11-25/h4,6-7,11,13H,2-3,5,8-10H2,1H3,(H,22,27). The molecule has 2 aromatic rings. The molecule has 1 aliphatic rings. The molecule has 146 valence electrons. The Hall–Kier alpha value is -2.65. The number of nitrogens with one attached hydrogen (secondary N) is 1. The van der Waals surface area contributed by atoms with Gasteiger partial charge in [0, 0.05) is 37.7 Å². The maximum atomic E-state index is 12.8. The molecular weight excluding hydrogens is 361 g/mol. The average Bonchev–Trinajstić information content (AvgIpc) is 3.11. The van der Waals surface area contributed by atoms with Crippen molar-refractivity contribution in [1.82, 2.24) is 29.7 Å². The molecule has 0 bridgehead atoms. The van der Waals surface area contributed by atoms with Crippen molar-refractivity contribution in [1.29, 1.82) is 0 Å². The van der Waals surface area contributed by atoms with Gasteiger partial charge in [-0.2, -0.15) is 13.2 Å². The molecule has 1 saturated heterocycles. The first-order valence-corrected chi connectivity index (χ1v) is 8.71. The summed E-state index contributed by atoms with van der Waals surface area (Å²) in [7, 11) is 0. The first-order chi connectivity index (χ1) is 12.8. The number of piperidine rings is 1. The molecule has 27 heavy (non-hydrogen) atoms. The quantitative estimate of drug-likeness (QED) is 0.882. The average molecular weight is 382 g/mol. The van der Waals surface area contributed by atoms with Crippen LogP contribution >= 0.6 is 0 Å².